The third-order valence-corrected chi connectivity index (χ3v) is 7.51. The highest BCUT2D eigenvalue weighted by Gasteiger charge is 2.26. The van der Waals surface area contributed by atoms with Gasteiger partial charge in [-0.2, -0.15) is 0 Å². The van der Waals surface area contributed by atoms with Crippen molar-refractivity contribution in [1.29, 1.82) is 0 Å². The fourth-order valence-electron chi connectivity index (χ4n) is 5.19. The molecular weight excluding hydrogens is 534 g/mol. The maximum atomic E-state index is 12.7. The Morgan fingerprint density at radius 2 is 1.67 bits per heavy atom. The Hall–Kier alpha value is -4.92. The average Bonchev–Trinajstić information content (AvgIpc) is 3.50. The number of likely N-dealkylation sites (tertiary alicyclic amines) is 1. The van der Waals surface area contributed by atoms with Gasteiger partial charge in [-0.25, -0.2) is 14.3 Å². The van der Waals surface area contributed by atoms with E-state index in [0.717, 1.165) is 16.9 Å². The molecule has 0 spiro atoms. The summed E-state index contributed by atoms with van der Waals surface area (Å²) in [5.74, 6) is 4.00. The van der Waals surface area contributed by atoms with E-state index in [4.69, 9.17) is 16.1 Å². The van der Waals surface area contributed by atoms with E-state index in [2.05, 4.69) is 26.6 Å². The van der Waals surface area contributed by atoms with Crippen LogP contribution < -0.4 is 15.5 Å². The maximum absolute atomic E-state index is 12.7. The molecule has 0 bridgehead atoms. The molecule has 6 rings (SSSR count). The number of rotatable bonds is 5. The van der Waals surface area contributed by atoms with Crippen LogP contribution in [0.15, 0.2) is 66.9 Å². The van der Waals surface area contributed by atoms with Crippen molar-refractivity contribution in [2.75, 3.05) is 48.4 Å². The van der Waals surface area contributed by atoms with Crippen LogP contribution in [0.4, 0.5) is 22.0 Å². The van der Waals surface area contributed by atoms with Gasteiger partial charge in [-0.3, -0.25) is 4.79 Å². The number of benzene rings is 2. The quantitative estimate of drug-likeness (QED) is 0.317. The van der Waals surface area contributed by atoms with Gasteiger partial charge >= 0.3 is 6.03 Å². The summed E-state index contributed by atoms with van der Waals surface area (Å²) in [6.07, 6.45) is 8.48. The second kappa shape index (κ2) is 11.9. The molecule has 0 aliphatic carbocycles. The number of carbonyl (C=O) groups excluding carboxylic acids is 2. The van der Waals surface area contributed by atoms with Crippen LogP contribution in [-0.4, -0.2) is 81.5 Å². The minimum atomic E-state index is -0.410. The number of aliphatic hydroxyl groups is 1. The Morgan fingerprint density at radius 1 is 0.976 bits per heavy atom. The van der Waals surface area contributed by atoms with Crippen molar-refractivity contribution < 1.29 is 19.4 Å². The van der Waals surface area contributed by atoms with E-state index in [1.807, 2.05) is 30.5 Å². The highest BCUT2D eigenvalue weighted by molar-refractivity contribution is 6.00. The first-order chi connectivity index (χ1) is 20.5. The first-order valence-corrected chi connectivity index (χ1v) is 13.9. The van der Waals surface area contributed by atoms with Gasteiger partial charge in [-0.05, 0) is 73.5 Å². The monoisotopic (exact) mass is 565 g/mol. The summed E-state index contributed by atoms with van der Waals surface area (Å²) in [5, 5.41) is 20.0. The van der Waals surface area contributed by atoms with Crippen LogP contribution in [0.5, 0.6) is 0 Å². The topological polar surface area (TPSA) is 124 Å². The fourth-order valence-corrected chi connectivity index (χ4v) is 5.19. The number of amides is 3. The third kappa shape index (κ3) is 5.76. The highest BCUT2D eigenvalue weighted by atomic mass is 16.5. The van der Waals surface area contributed by atoms with Gasteiger partial charge in [0.2, 0.25) is 0 Å². The molecule has 1 atom stereocenters. The number of hydrogen-bond acceptors (Lipinski definition) is 7. The predicted octanol–water partition coefficient (Wildman–Crippen LogP) is 3.48. The molecule has 2 aromatic carbocycles. The zero-order valence-electron chi connectivity index (χ0n) is 22.9. The Balaban J connectivity index is 1.11. The van der Waals surface area contributed by atoms with Crippen LogP contribution in [0.25, 0.3) is 16.9 Å². The van der Waals surface area contributed by atoms with Crippen molar-refractivity contribution in [3.8, 4) is 23.7 Å². The van der Waals surface area contributed by atoms with E-state index >= 15 is 0 Å². The largest absolute Gasteiger partial charge is 0.393 e. The molecule has 2 fully saturated rings. The number of piperidine rings is 1. The minimum absolute atomic E-state index is 0.0779. The normalized spacial score (nSPS) is 17.6. The lowest BCUT2D eigenvalue weighted by molar-refractivity contribution is 0.0546. The van der Waals surface area contributed by atoms with Crippen molar-refractivity contribution in [2.24, 2.45) is 0 Å². The van der Waals surface area contributed by atoms with E-state index in [9.17, 15) is 14.7 Å². The molecule has 42 heavy (non-hydrogen) atoms. The Kier molecular flexibility index (Phi) is 7.72. The number of ether oxygens (including phenoxy) is 1. The van der Waals surface area contributed by atoms with E-state index in [0.29, 0.717) is 68.5 Å². The van der Waals surface area contributed by atoms with Crippen LogP contribution in [0.1, 0.15) is 23.2 Å². The Morgan fingerprint density at radius 3 is 2.36 bits per heavy atom. The van der Waals surface area contributed by atoms with Crippen LogP contribution >= 0.6 is 0 Å². The summed E-state index contributed by atoms with van der Waals surface area (Å²) in [5.41, 5.74) is 3.34. The number of urea groups is 1. The zero-order chi connectivity index (χ0) is 29.1. The number of nitrogens with zero attached hydrogens (tertiary/aromatic N) is 5. The van der Waals surface area contributed by atoms with Crippen molar-refractivity contribution in [2.45, 2.75) is 25.0 Å². The van der Waals surface area contributed by atoms with E-state index < -0.39 is 6.03 Å². The standard InChI is InChI=1S/C31H31N7O4/c1-2-25-20-42-19-18-37(25)29-27-4-3-15-38(27)35-28(34-29)21-5-9-23(10-6-21)32-31(41)33-24-11-7-22(8-12-24)30(40)36-16-13-26(39)14-17-36/h1,3-12,15,25-26,39H,13-14,16-20H2,(H2,32,33,41)/t25-/m1/s1. The molecule has 2 aliphatic heterocycles. The van der Waals surface area contributed by atoms with Gasteiger partial charge in [0, 0.05) is 48.3 Å². The smallest absolute Gasteiger partial charge is 0.323 e. The van der Waals surface area contributed by atoms with Gasteiger partial charge < -0.3 is 30.3 Å². The SMILES string of the molecule is C#C[C@@H]1COCCN1c1nc(-c2ccc(NC(=O)Nc3ccc(C(=O)N4CCC(O)CC4)cc3)cc2)nn2cccc12. The predicted molar refractivity (Wildman–Crippen MR) is 159 cm³/mol. The number of aromatic nitrogens is 3. The fraction of sp³-hybridized carbons (Fsp3) is 0.290. The van der Waals surface area contributed by atoms with Gasteiger partial charge in [0.15, 0.2) is 11.6 Å². The van der Waals surface area contributed by atoms with E-state index in [1.54, 1.807) is 45.8 Å². The molecule has 3 N–H and O–H groups in total. The van der Waals surface area contributed by atoms with Gasteiger partial charge in [0.05, 0.1) is 19.3 Å². The molecule has 4 heterocycles. The third-order valence-electron chi connectivity index (χ3n) is 7.51. The van der Waals surface area contributed by atoms with Crippen molar-refractivity contribution in [3.05, 3.63) is 72.4 Å². The lowest BCUT2D eigenvalue weighted by atomic mass is 10.1. The number of fused-ring (bicyclic) bond motifs is 1. The van der Waals surface area contributed by atoms with Crippen molar-refractivity contribution in [3.63, 3.8) is 0 Å². The molecular formula is C31H31N7O4. The highest BCUT2D eigenvalue weighted by Crippen LogP contribution is 2.27. The number of carbonyl (C=O) groups is 2. The van der Waals surface area contributed by atoms with Crippen molar-refractivity contribution >= 4 is 34.6 Å². The minimum Gasteiger partial charge on any atom is -0.393 e. The number of hydrogen-bond donors (Lipinski definition) is 3. The first-order valence-electron chi connectivity index (χ1n) is 13.9. The van der Waals surface area contributed by atoms with Crippen LogP contribution in [-0.2, 0) is 4.74 Å². The molecule has 0 unspecified atom stereocenters. The Labute approximate surface area is 243 Å². The molecule has 11 heteroatoms. The average molecular weight is 566 g/mol. The summed E-state index contributed by atoms with van der Waals surface area (Å²) < 4.78 is 7.35. The Bertz CT molecular complexity index is 1620. The van der Waals surface area contributed by atoms with Crippen LogP contribution in [0, 0.1) is 12.3 Å². The van der Waals surface area contributed by atoms with Crippen LogP contribution in [0.3, 0.4) is 0 Å². The summed E-state index contributed by atoms with van der Waals surface area (Å²) in [4.78, 5) is 34.0. The molecule has 3 amide bonds. The first kappa shape index (κ1) is 27.3. The van der Waals surface area contributed by atoms with E-state index in [1.165, 1.54) is 0 Å². The van der Waals surface area contributed by atoms with Gasteiger partial charge in [-0.15, -0.1) is 11.5 Å². The molecule has 2 saturated heterocycles. The molecule has 0 saturated carbocycles. The number of terminal acetylenes is 1. The molecule has 2 aromatic heterocycles. The van der Waals surface area contributed by atoms with E-state index in [-0.39, 0.29) is 18.1 Å². The van der Waals surface area contributed by atoms with Gasteiger partial charge in [0.25, 0.3) is 5.91 Å². The van der Waals surface area contributed by atoms with Gasteiger partial charge in [-0.1, -0.05) is 5.92 Å². The molecule has 2 aliphatic rings. The lowest BCUT2D eigenvalue weighted by Gasteiger charge is -2.33. The van der Waals surface area contributed by atoms with Crippen LogP contribution in [0.2, 0.25) is 0 Å². The lowest BCUT2D eigenvalue weighted by Crippen LogP contribution is -2.45. The molecule has 4 aromatic rings. The number of nitrogens with one attached hydrogen (secondary N) is 2. The van der Waals surface area contributed by atoms with Crippen molar-refractivity contribution in [1.82, 2.24) is 19.5 Å². The molecule has 214 valence electrons. The molecule has 0 radical (unpaired) electrons. The number of morpholine rings is 1. The summed E-state index contributed by atoms with van der Waals surface area (Å²) in [7, 11) is 0. The number of anilines is 3. The molecule has 11 nitrogen and oxygen atoms in total. The number of aliphatic hydroxyl groups excluding tert-OH is 1. The summed E-state index contributed by atoms with van der Waals surface area (Å²) >= 11 is 0. The summed E-state index contributed by atoms with van der Waals surface area (Å²) in [6, 6.07) is 17.3. The summed E-state index contributed by atoms with van der Waals surface area (Å²) in [6.45, 7) is 2.72. The zero-order valence-corrected chi connectivity index (χ0v) is 22.9. The maximum Gasteiger partial charge on any atom is 0.323 e. The second-order valence-electron chi connectivity index (χ2n) is 10.3. The second-order valence-corrected chi connectivity index (χ2v) is 10.3. The van der Waals surface area contributed by atoms with Gasteiger partial charge in [0.1, 0.15) is 11.6 Å².